The molecule has 0 saturated heterocycles. The molecular formula is C12H16N2O3S3. The van der Waals surface area contributed by atoms with E-state index in [9.17, 15) is 8.42 Å². The Kier molecular flexibility index (Phi) is 4.60. The molecule has 110 valence electrons. The minimum absolute atomic E-state index is 0.158. The first-order valence-electron chi connectivity index (χ1n) is 5.98. The third-order valence-electron chi connectivity index (χ3n) is 2.74. The van der Waals surface area contributed by atoms with Crippen LogP contribution in [0, 0.1) is 13.8 Å². The molecule has 0 amide bonds. The predicted molar refractivity (Wildman–Crippen MR) is 80.6 cm³/mol. The zero-order valence-electron chi connectivity index (χ0n) is 11.4. The summed E-state index contributed by atoms with van der Waals surface area (Å²) in [7, 11) is -3.57. The molecule has 0 aliphatic carbocycles. The summed E-state index contributed by atoms with van der Waals surface area (Å²) >= 11 is 2.60. The van der Waals surface area contributed by atoms with Crippen molar-refractivity contribution in [2.24, 2.45) is 0 Å². The number of rotatable bonds is 5. The van der Waals surface area contributed by atoms with Crippen molar-refractivity contribution in [1.82, 2.24) is 9.71 Å². The van der Waals surface area contributed by atoms with Gasteiger partial charge in [0, 0.05) is 4.88 Å². The Balaban J connectivity index is 2.21. The van der Waals surface area contributed by atoms with Crippen LogP contribution in [-0.4, -0.2) is 18.5 Å². The average Bonchev–Trinajstić information content (AvgIpc) is 2.95. The summed E-state index contributed by atoms with van der Waals surface area (Å²) in [6.45, 7) is 5.42. The van der Waals surface area contributed by atoms with Gasteiger partial charge in [0.25, 0.3) is 10.0 Å². The van der Waals surface area contributed by atoms with Gasteiger partial charge in [0.15, 0.2) is 0 Å². The second-order valence-electron chi connectivity index (χ2n) is 4.46. The minimum atomic E-state index is -3.57. The van der Waals surface area contributed by atoms with Crippen LogP contribution in [-0.2, 0) is 16.6 Å². The second-order valence-corrected chi connectivity index (χ2v) is 8.54. The van der Waals surface area contributed by atoms with Crippen molar-refractivity contribution in [1.29, 1.82) is 0 Å². The molecule has 0 aromatic carbocycles. The molecule has 1 atom stereocenters. The van der Waals surface area contributed by atoms with E-state index in [0.29, 0.717) is 5.56 Å². The van der Waals surface area contributed by atoms with Gasteiger partial charge in [-0.05, 0) is 37.8 Å². The summed E-state index contributed by atoms with van der Waals surface area (Å²) in [4.78, 5) is 5.23. The van der Waals surface area contributed by atoms with Crippen molar-refractivity contribution in [2.45, 2.75) is 37.6 Å². The van der Waals surface area contributed by atoms with Crippen molar-refractivity contribution in [3.8, 4) is 0 Å². The topological polar surface area (TPSA) is 79.3 Å². The lowest BCUT2D eigenvalue weighted by atomic mass is 10.2. The second kappa shape index (κ2) is 5.90. The first kappa shape index (κ1) is 15.6. The maximum absolute atomic E-state index is 12.3. The lowest BCUT2D eigenvalue weighted by Gasteiger charge is -2.12. The molecule has 0 saturated carbocycles. The zero-order valence-corrected chi connectivity index (χ0v) is 13.8. The predicted octanol–water partition coefficient (Wildman–Crippen LogP) is 2.35. The Bertz CT molecular complexity index is 703. The number of thiazole rings is 1. The molecule has 2 heterocycles. The largest absolute Gasteiger partial charge is 0.392 e. The van der Waals surface area contributed by atoms with E-state index >= 15 is 0 Å². The van der Waals surface area contributed by atoms with Crippen LogP contribution in [0.5, 0.6) is 0 Å². The van der Waals surface area contributed by atoms with Crippen molar-refractivity contribution >= 4 is 32.7 Å². The van der Waals surface area contributed by atoms with Gasteiger partial charge in [0.2, 0.25) is 0 Å². The molecule has 0 aliphatic heterocycles. The van der Waals surface area contributed by atoms with Gasteiger partial charge in [-0.15, -0.1) is 22.7 Å². The third-order valence-corrected chi connectivity index (χ3v) is 7.03. The fraction of sp³-hybridized carbons (Fsp3) is 0.417. The standard InChI is InChI=1S/C12H16N2O3S3/c1-7-12(19-9(3)13-7)8(2)14-20(16,17)11-4-10(5-15)6-18-11/h4,6,8,14-15H,5H2,1-3H3. The number of hydrogen-bond donors (Lipinski definition) is 2. The fourth-order valence-corrected chi connectivity index (χ4v) is 5.31. The third kappa shape index (κ3) is 3.26. The summed E-state index contributed by atoms with van der Waals surface area (Å²) in [6.07, 6.45) is 0. The first-order valence-corrected chi connectivity index (χ1v) is 9.16. The normalized spacial score (nSPS) is 13.6. The molecular weight excluding hydrogens is 316 g/mol. The lowest BCUT2D eigenvalue weighted by Crippen LogP contribution is -2.26. The van der Waals surface area contributed by atoms with Gasteiger partial charge in [0.05, 0.1) is 23.4 Å². The molecule has 1 unspecified atom stereocenters. The number of hydrogen-bond acceptors (Lipinski definition) is 6. The highest BCUT2D eigenvalue weighted by molar-refractivity contribution is 7.91. The van der Waals surface area contributed by atoms with Crippen LogP contribution >= 0.6 is 22.7 Å². The van der Waals surface area contributed by atoms with E-state index in [2.05, 4.69) is 9.71 Å². The number of thiophene rings is 1. The van der Waals surface area contributed by atoms with Crippen LogP contribution < -0.4 is 4.72 Å². The molecule has 0 spiro atoms. The molecule has 2 N–H and O–H groups in total. The zero-order chi connectivity index (χ0) is 14.9. The summed E-state index contributed by atoms with van der Waals surface area (Å²) in [5.41, 5.74) is 1.46. The number of sulfonamides is 1. The number of nitrogens with zero attached hydrogens (tertiary/aromatic N) is 1. The molecule has 2 aromatic rings. The summed E-state index contributed by atoms with van der Waals surface area (Å²) in [5.74, 6) is 0. The Hall–Kier alpha value is -0.800. The van der Waals surface area contributed by atoms with E-state index in [0.717, 1.165) is 26.9 Å². The lowest BCUT2D eigenvalue weighted by molar-refractivity contribution is 0.282. The van der Waals surface area contributed by atoms with E-state index in [1.54, 1.807) is 12.3 Å². The fourth-order valence-electron chi connectivity index (χ4n) is 1.87. The molecule has 0 aliphatic rings. The maximum Gasteiger partial charge on any atom is 0.250 e. The molecule has 2 aromatic heterocycles. The first-order chi connectivity index (χ1) is 9.33. The minimum Gasteiger partial charge on any atom is -0.392 e. The van der Waals surface area contributed by atoms with Gasteiger partial charge < -0.3 is 5.11 Å². The van der Waals surface area contributed by atoms with E-state index in [-0.39, 0.29) is 16.9 Å². The van der Waals surface area contributed by atoms with E-state index in [1.165, 1.54) is 17.4 Å². The number of aliphatic hydroxyl groups is 1. The van der Waals surface area contributed by atoms with Crippen molar-refractivity contribution in [2.75, 3.05) is 0 Å². The number of nitrogens with one attached hydrogen (secondary N) is 1. The van der Waals surface area contributed by atoms with Gasteiger partial charge in [-0.3, -0.25) is 0 Å². The Morgan fingerprint density at radius 1 is 1.45 bits per heavy atom. The van der Waals surface area contributed by atoms with Crippen LogP contribution in [0.25, 0.3) is 0 Å². The summed E-state index contributed by atoms with van der Waals surface area (Å²) in [5, 5.41) is 11.6. The number of aryl methyl sites for hydroxylation is 2. The monoisotopic (exact) mass is 332 g/mol. The molecule has 0 bridgehead atoms. The highest BCUT2D eigenvalue weighted by atomic mass is 32.2. The van der Waals surface area contributed by atoms with Gasteiger partial charge in [0.1, 0.15) is 4.21 Å². The highest BCUT2D eigenvalue weighted by Crippen LogP contribution is 2.27. The van der Waals surface area contributed by atoms with E-state index in [1.807, 2.05) is 13.8 Å². The van der Waals surface area contributed by atoms with E-state index < -0.39 is 10.0 Å². The summed E-state index contributed by atoms with van der Waals surface area (Å²) < 4.78 is 27.4. The Morgan fingerprint density at radius 3 is 2.65 bits per heavy atom. The van der Waals surface area contributed by atoms with Gasteiger partial charge >= 0.3 is 0 Å². The molecule has 20 heavy (non-hydrogen) atoms. The van der Waals surface area contributed by atoms with Crippen LogP contribution in [0.2, 0.25) is 0 Å². The van der Waals surface area contributed by atoms with Crippen LogP contribution in [0.15, 0.2) is 15.7 Å². The molecule has 0 radical (unpaired) electrons. The summed E-state index contributed by atoms with van der Waals surface area (Å²) in [6, 6.07) is 1.16. The van der Waals surface area contributed by atoms with Gasteiger partial charge in [-0.1, -0.05) is 0 Å². The van der Waals surface area contributed by atoms with Crippen molar-refractivity contribution in [3.05, 3.63) is 32.6 Å². The molecule has 0 fully saturated rings. The Labute approximate surface area is 126 Å². The maximum atomic E-state index is 12.3. The molecule has 2 rings (SSSR count). The smallest absolute Gasteiger partial charge is 0.250 e. The van der Waals surface area contributed by atoms with Crippen LogP contribution in [0.1, 0.15) is 34.1 Å². The highest BCUT2D eigenvalue weighted by Gasteiger charge is 2.22. The van der Waals surface area contributed by atoms with Crippen LogP contribution in [0.3, 0.4) is 0 Å². The molecule has 5 nitrogen and oxygen atoms in total. The van der Waals surface area contributed by atoms with Crippen LogP contribution in [0.4, 0.5) is 0 Å². The SMILES string of the molecule is Cc1nc(C)c(C(C)NS(=O)(=O)c2cc(CO)cs2)s1. The Morgan fingerprint density at radius 2 is 2.15 bits per heavy atom. The van der Waals surface area contributed by atoms with Crippen molar-refractivity contribution < 1.29 is 13.5 Å². The number of aliphatic hydroxyl groups excluding tert-OH is 1. The molecule has 8 heteroatoms. The van der Waals surface area contributed by atoms with Gasteiger partial charge in [-0.2, -0.15) is 0 Å². The van der Waals surface area contributed by atoms with Gasteiger partial charge in [-0.25, -0.2) is 18.1 Å². The average molecular weight is 332 g/mol. The quantitative estimate of drug-likeness (QED) is 0.881. The van der Waals surface area contributed by atoms with Crippen molar-refractivity contribution in [3.63, 3.8) is 0 Å². The number of aromatic nitrogens is 1. The van der Waals surface area contributed by atoms with E-state index in [4.69, 9.17) is 5.11 Å².